The van der Waals surface area contributed by atoms with Crippen molar-refractivity contribution in [3.8, 4) is 0 Å². The standard InChI is InChI=1S/C18H14BrN3O3S/c19-12-6-7-14(13(10-12)17(24)25)21-15(11-4-2-1-3-5-11)16(23)22-18-20-8-9-26-18/h1-10,15,21H,(H,24,25)(H,20,22,23)/t15-/m1/s1. The minimum absolute atomic E-state index is 0.0716. The van der Waals surface area contributed by atoms with Crippen molar-refractivity contribution in [1.82, 2.24) is 4.98 Å². The van der Waals surface area contributed by atoms with Crippen LogP contribution in [0.1, 0.15) is 22.0 Å². The number of nitrogens with zero attached hydrogens (tertiary/aromatic N) is 1. The molecule has 132 valence electrons. The van der Waals surface area contributed by atoms with E-state index < -0.39 is 12.0 Å². The van der Waals surface area contributed by atoms with E-state index in [2.05, 4.69) is 31.5 Å². The Balaban J connectivity index is 1.94. The highest BCUT2D eigenvalue weighted by molar-refractivity contribution is 9.10. The molecule has 3 N–H and O–H groups in total. The van der Waals surface area contributed by atoms with Crippen LogP contribution in [0.2, 0.25) is 0 Å². The topological polar surface area (TPSA) is 91.3 Å². The van der Waals surface area contributed by atoms with Gasteiger partial charge in [0.1, 0.15) is 6.04 Å². The van der Waals surface area contributed by atoms with Gasteiger partial charge in [-0.3, -0.25) is 10.1 Å². The number of rotatable bonds is 6. The van der Waals surface area contributed by atoms with E-state index >= 15 is 0 Å². The molecular weight excluding hydrogens is 418 g/mol. The molecular formula is C18H14BrN3O3S. The third kappa shape index (κ3) is 4.27. The van der Waals surface area contributed by atoms with Crippen molar-refractivity contribution in [3.05, 3.63) is 75.7 Å². The molecule has 0 fully saturated rings. The molecule has 1 aromatic heterocycles. The number of hydrogen-bond donors (Lipinski definition) is 3. The number of carbonyl (C=O) groups excluding carboxylic acids is 1. The van der Waals surface area contributed by atoms with Gasteiger partial charge in [0.2, 0.25) is 0 Å². The Hall–Kier alpha value is -2.71. The fourth-order valence-corrected chi connectivity index (χ4v) is 3.28. The number of anilines is 2. The van der Waals surface area contributed by atoms with E-state index in [1.807, 2.05) is 18.2 Å². The van der Waals surface area contributed by atoms with Gasteiger partial charge < -0.3 is 10.4 Å². The summed E-state index contributed by atoms with van der Waals surface area (Å²) in [7, 11) is 0. The summed E-state index contributed by atoms with van der Waals surface area (Å²) in [6, 6.07) is 13.2. The van der Waals surface area contributed by atoms with Crippen molar-refractivity contribution in [2.75, 3.05) is 10.6 Å². The monoisotopic (exact) mass is 431 g/mol. The Morgan fingerprint density at radius 2 is 1.92 bits per heavy atom. The van der Waals surface area contributed by atoms with Crippen molar-refractivity contribution in [2.45, 2.75) is 6.04 Å². The smallest absolute Gasteiger partial charge is 0.337 e. The highest BCUT2D eigenvalue weighted by Gasteiger charge is 2.23. The Morgan fingerprint density at radius 3 is 2.58 bits per heavy atom. The molecule has 3 rings (SSSR count). The van der Waals surface area contributed by atoms with Crippen LogP contribution in [-0.4, -0.2) is 22.0 Å². The van der Waals surface area contributed by atoms with Crippen LogP contribution in [0.15, 0.2) is 64.6 Å². The number of halogens is 1. The van der Waals surface area contributed by atoms with E-state index in [1.54, 1.807) is 35.8 Å². The SMILES string of the molecule is O=C(O)c1cc(Br)ccc1N[C@@H](C(=O)Nc1nccs1)c1ccccc1. The van der Waals surface area contributed by atoms with Crippen LogP contribution in [0.3, 0.4) is 0 Å². The maximum Gasteiger partial charge on any atom is 0.337 e. The van der Waals surface area contributed by atoms with E-state index in [0.29, 0.717) is 20.9 Å². The lowest BCUT2D eigenvalue weighted by atomic mass is 10.0. The molecule has 2 aromatic carbocycles. The second-order valence-corrected chi connectivity index (χ2v) is 7.12. The van der Waals surface area contributed by atoms with Gasteiger partial charge in [-0.1, -0.05) is 46.3 Å². The van der Waals surface area contributed by atoms with Crippen LogP contribution in [0.4, 0.5) is 10.8 Å². The van der Waals surface area contributed by atoms with Crippen molar-refractivity contribution < 1.29 is 14.7 Å². The maximum absolute atomic E-state index is 12.8. The zero-order valence-electron chi connectivity index (χ0n) is 13.3. The molecule has 0 aliphatic rings. The summed E-state index contributed by atoms with van der Waals surface area (Å²) in [5.41, 5.74) is 1.13. The molecule has 0 aliphatic heterocycles. The Morgan fingerprint density at radius 1 is 1.15 bits per heavy atom. The van der Waals surface area contributed by atoms with Crippen LogP contribution in [0.25, 0.3) is 0 Å². The van der Waals surface area contributed by atoms with E-state index in [-0.39, 0.29) is 11.5 Å². The lowest BCUT2D eigenvalue weighted by molar-refractivity contribution is -0.117. The van der Waals surface area contributed by atoms with Crippen LogP contribution in [-0.2, 0) is 4.79 Å². The van der Waals surface area contributed by atoms with E-state index in [9.17, 15) is 14.7 Å². The molecule has 1 heterocycles. The summed E-state index contributed by atoms with van der Waals surface area (Å²) in [6.45, 7) is 0. The summed E-state index contributed by atoms with van der Waals surface area (Å²) < 4.78 is 0.643. The normalized spacial score (nSPS) is 11.6. The summed E-state index contributed by atoms with van der Waals surface area (Å²) >= 11 is 4.58. The minimum Gasteiger partial charge on any atom is -0.478 e. The van der Waals surface area contributed by atoms with Crippen LogP contribution in [0, 0.1) is 0 Å². The molecule has 0 unspecified atom stereocenters. The third-order valence-corrected chi connectivity index (χ3v) is 4.75. The van der Waals surface area contributed by atoms with Gasteiger partial charge in [0.25, 0.3) is 5.91 Å². The molecule has 1 atom stereocenters. The number of nitrogens with one attached hydrogen (secondary N) is 2. The van der Waals surface area contributed by atoms with Crippen molar-refractivity contribution in [3.63, 3.8) is 0 Å². The number of amides is 1. The molecule has 0 aliphatic carbocycles. The van der Waals surface area contributed by atoms with E-state index in [0.717, 1.165) is 0 Å². The van der Waals surface area contributed by atoms with Gasteiger partial charge in [0.05, 0.1) is 5.56 Å². The number of thiazole rings is 1. The third-order valence-electron chi connectivity index (χ3n) is 3.57. The lowest BCUT2D eigenvalue weighted by Gasteiger charge is -2.20. The number of carboxylic acids is 1. The fourth-order valence-electron chi connectivity index (χ4n) is 2.38. The van der Waals surface area contributed by atoms with Crippen molar-refractivity contribution >= 4 is 50.0 Å². The van der Waals surface area contributed by atoms with Gasteiger partial charge in [-0.2, -0.15) is 0 Å². The van der Waals surface area contributed by atoms with Crippen LogP contribution in [0.5, 0.6) is 0 Å². The molecule has 0 saturated heterocycles. The number of carbonyl (C=O) groups is 2. The molecule has 0 saturated carbocycles. The van der Waals surface area contributed by atoms with Gasteiger partial charge in [-0.05, 0) is 23.8 Å². The fraction of sp³-hybridized carbons (Fsp3) is 0.0556. The van der Waals surface area contributed by atoms with Gasteiger partial charge in [-0.15, -0.1) is 11.3 Å². The number of aromatic nitrogens is 1. The largest absolute Gasteiger partial charge is 0.478 e. The lowest BCUT2D eigenvalue weighted by Crippen LogP contribution is -2.28. The summed E-state index contributed by atoms with van der Waals surface area (Å²) in [5, 5.41) is 17.5. The molecule has 6 nitrogen and oxygen atoms in total. The predicted octanol–water partition coefficient (Wildman–Crippen LogP) is 4.40. The highest BCUT2D eigenvalue weighted by atomic mass is 79.9. The second-order valence-electron chi connectivity index (χ2n) is 5.31. The number of carboxylic acid groups (broad SMARTS) is 1. The molecule has 0 bridgehead atoms. The quantitative estimate of drug-likeness (QED) is 0.537. The first-order valence-corrected chi connectivity index (χ1v) is 9.26. The Labute approximate surface area is 162 Å². The average Bonchev–Trinajstić information content (AvgIpc) is 3.14. The molecule has 8 heteroatoms. The zero-order chi connectivity index (χ0) is 18.5. The Kier molecular flexibility index (Phi) is 5.65. The number of benzene rings is 2. The molecule has 0 radical (unpaired) electrons. The van der Waals surface area contributed by atoms with Crippen molar-refractivity contribution in [2.24, 2.45) is 0 Å². The first-order chi connectivity index (χ1) is 12.5. The minimum atomic E-state index is -1.08. The zero-order valence-corrected chi connectivity index (χ0v) is 15.8. The van der Waals surface area contributed by atoms with Gasteiger partial charge in [0, 0.05) is 21.7 Å². The van der Waals surface area contributed by atoms with Gasteiger partial charge >= 0.3 is 5.97 Å². The number of aromatic carboxylic acids is 1. The summed E-state index contributed by atoms with van der Waals surface area (Å²) in [6.07, 6.45) is 1.60. The number of hydrogen-bond acceptors (Lipinski definition) is 5. The molecule has 3 aromatic rings. The first-order valence-electron chi connectivity index (χ1n) is 7.59. The van der Waals surface area contributed by atoms with Gasteiger partial charge in [0.15, 0.2) is 5.13 Å². The molecule has 0 spiro atoms. The molecule has 1 amide bonds. The van der Waals surface area contributed by atoms with E-state index in [1.165, 1.54) is 17.4 Å². The summed E-state index contributed by atoms with van der Waals surface area (Å²) in [5.74, 6) is -1.41. The maximum atomic E-state index is 12.8. The van der Waals surface area contributed by atoms with Crippen LogP contribution >= 0.6 is 27.3 Å². The molecule has 26 heavy (non-hydrogen) atoms. The Bertz CT molecular complexity index is 917. The highest BCUT2D eigenvalue weighted by Crippen LogP contribution is 2.27. The summed E-state index contributed by atoms with van der Waals surface area (Å²) in [4.78, 5) is 28.4. The first kappa shape index (κ1) is 18.1. The predicted molar refractivity (Wildman–Crippen MR) is 105 cm³/mol. The van der Waals surface area contributed by atoms with Gasteiger partial charge in [-0.25, -0.2) is 9.78 Å². The van der Waals surface area contributed by atoms with E-state index in [4.69, 9.17) is 0 Å². The average molecular weight is 432 g/mol. The van der Waals surface area contributed by atoms with Crippen molar-refractivity contribution in [1.29, 1.82) is 0 Å². The second kappa shape index (κ2) is 8.11. The van der Waals surface area contributed by atoms with Crippen LogP contribution < -0.4 is 10.6 Å².